The molecule has 0 aliphatic heterocycles. The third kappa shape index (κ3) is 3.95. The summed E-state index contributed by atoms with van der Waals surface area (Å²) < 4.78 is 5.44. The van der Waals surface area contributed by atoms with Gasteiger partial charge in [0.15, 0.2) is 0 Å². The van der Waals surface area contributed by atoms with E-state index in [1.54, 1.807) is 13.2 Å². The van der Waals surface area contributed by atoms with Crippen LogP contribution >= 0.6 is 0 Å². The van der Waals surface area contributed by atoms with E-state index in [2.05, 4.69) is 86.6 Å². The van der Waals surface area contributed by atoms with E-state index >= 15 is 0 Å². The molecule has 1 N–H and O–H groups in total. The molecule has 0 saturated carbocycles. The van der Waals surface area contributed by atoms with E-state index in [4.69, 9.17) is 4.74 Å². The average molecular weight is 523 g/mol. The summed E-state index contributed by atoms with van der Waals surface area (Å²) in [5.41, 5.74) is 1.45. The minimum atomic E-state index is 0.324. The molecule has 8 rings (SSSR count). The fraction of sp³-hybridized carbons (Fsp3) is 0.158. The fourth-order valence-corrected chi connectivity index (χ4v) is 6.20. The van der Waals surface area contributed by atoms with Crippen LogP contribution in [0.2, 0.25) is 0 Å². The predicted octanol–water partition coefficient (Wildman–Crippen LogP) is 11.0. The number of phenolic OH excluding ortho intramolecular Hbond substituents is 1. The number of benzene rings is 8. The van der Waals surface area contributed by atoms with Gasteiger partial charge in [-0.15, -0.1) is 0 Å². The van der Waals surface area contributed by atoms with Gasteiger partial charge in [-0.1, -0.05) is 107 Å². The van der Waals surface area contributed by atoms with Crippen LogP contribution < -0.4 is 4.74 Å². The molecule has 198 valence electrons. The summed E-state index contributed by atoms with van der Waals surface area (Å²) in [6, 6.07) is 36.1. The lowest BCUT2D eigenvalue weighted by Gasteiger charge is -2.15. The largest absolute Gasteiger partial charge is 0.507 e. The Morgan fingerprint density at radius 2 is 0.950 bits per heavy atom. The topological polar surface area (TPSA) is 29.5 Å². The summed E-state index contributed by atoms with van der Waals surface area (Å²) in [5.74, 6) is 1.75. The molecule has 0 heterocycles. The van der Waals surface area contributed by atoms with Crippen molar-refractivity contribution >= 4 is 64.6 Å². The average Bonchev–Trinajstić information content (AvgIpc) is 3.00. The van der Waals surface area contributed by atoms with E-state index in [-0.39, 0.29) is 0 Å². The van der Waals surface area contributed by atoms with Crippen LogP contribution in [-0.4, -0.2) is 12.2 Å². The van der Waals surface area contributed by atoms with Crippen molar-refractivity contribution in [1.82, 2.24) is 0 Å². The van der Waals surface area contributed by atoms with E-state index in [9.17, 15) is 5.11 Å². The van der Waals surface area contributed by atoms with Gasteiger partial charge in [-0.05, 0) is 78.8 Å². The summed E-state index contributed by atoms with van der Waals surface area (Å²) in [4.78, 5) is 0. The molecule has 0 saturated heterocycles. The van der Waals surface area contributed by atoms with E-state index in [1.165, 1.54) is 43.3 Å². The van der Waals surface area contributed by atoms with Crippen molar-refractivity contribution in [2.24, 2.45) is 0 Å². The van der Waals surface area contributed by atoms with Gasteiger partial charge in [0.2, 0.25) is 0 Å². The van der Waals surface area contributed by atoms with Crippen LogP contribution in [0.15, 0.2) is 103 Å². The molecular formula is C38H34O2. The minimum Gasteiger partial charge on any atom is -0.507 e. The molecule has 2 nitrogen and oxygen atoms in total. The first kappa shape index (κ1) is 25.7. The SMILES string of the molecule is CC.CC(C)c1ccc2ccc3cccc4ccc1c2c34.COc1ccc2ccc3ccc(O)c4ccc1c2c34. The van der Waals surface area contributed by atoms with E-state index in [1.807, 2.05) is 38.1 Å². The van der Waals surface area contributed by atoms with Crippen LogP contribution in [-0.2, 0) is 0 Å². The maximum Gasteiger partial charge on any atom is 0.126 e. The molecule has 0 aliphatic rings. The number of hydrogen-bond donors (Lipinski definition) is 1. The van der Waals surface area contributed by atoms with Crippen molar-refractivity contribution in [2.45, 2.75) is 33.6 Å². The van der Waals surface area contributed by atoms with Crippen LogP contribution in [0.25, 0.3) is 64.6 Å². The van der Waals surface area contributed by atoms with Gasteiger partial charge in [0.05, 0.1) is 7.11 Å². The van der Waals surface area contributed by atoms with Gasteiger partial charge < -0.3 is 9.84 Å². The number of hydrogen-bond acceptors (Lipinski definition) is 2. The second kappa shape index (κ2) is 10.2. The van der Waals surface area contributed by atoms with Gasteiger partial charge in [0.25, 0.3) is 0 Å². The molecule has 0 aromatic heterocycles. The van der Waals surface area contributed by atoms with Gasteiger partial charge >= 0.3 is 0 Å². The molecule has 0 fully saturated rings. The second-order valence-electron chi connectivity index (χ2n) is 10.4. The normalized spacial score (nSPS) is 11.4. The lowest BCUT2D eigenvalue weighted by Crippen LogP contribution is -1.91. The first-order chi connectivity index (χ1) is 19.5. The zero-order chi connectivity index (χ0) is 28.0. The van der Waals surface area contributed by atoms with Gasteiger partial charge in [-0.2, -0.15) is 0 Å². The second-order valence-corrected chi connectivity index (χ2v) is 10.4. The van der Waals surface area contributed by atoms with Gasteiger partial charge in [-0.25, -0.2) is 0 Å². The zero-order valence-corrected chi connectivity index (χ0v) is 23.7. The fourth-order valence-electron chi connectivity index (χ4n) is 6.20. The van der Waals surface area contributed by atoms with Crippen molar-refractivity contribution in [1.29, 1.82) is 0 Å². The minimum absolute atomic E-state index is 0.324. The molecular weight excluding hydrogens is 488 g/mol. The number of phenols is 1. The third-order valence-corrected chi connectivity index (χ3v) is 8.01. The molecule has 2 heteroatoms. The third-order valence-electron chi connectivity index (χ3n) is 8.01. The Balaban J connectivity index is 0.000000136. The smallest absolute Gasteiger partial charge is 0.126 e. The van der Waals surface area contributed by atoms with Crippen LogP contribution in [0.3, 0.4) is 0 Å². The zero-order valence-electron chi connectivity index (χ0n) is 23.7. The van der Waals surface area contributed by atoms with E-state index < -0.39 is 0 Å². The lowest BCUT2D eigenvalue weighted by atomic mass is 9.89. The van der Waals surface area contributed by atoms with Crippen molar-refractivity contribution in [3.8, 4) is 11.5 Å². The highest BCUT2D eigenvalue weighted by Gasteiger charge is 2.13. The van der Waals surface area contributed by atoms with Crippen LogP contribution in [0.4, 0.5) is 0 Å². The van der Waals surface area contributed by atoms with Crippen molar-refractivity contribution in [3.05, 3.63) is 109 Å². The summed E-state index contributed by atoms with van der Waals surface area (Å²) in [6.45, 7) is 8.54. The highest BCUT2D eigenvalue weighted by atomic mass is 16.5. The molecule has 0 atom stereocenters. The standard InChI is InChI=1S/C19H16.C17H12O2.C2H6/c1-12(2)16-10-8-15-7-6-13-4-3-5-14-9-11-17(16)19(15)18(13)14;1-19-15-9-5-11-3-2-10-4-8-14(18)12-6-7-13(15)17(11)16(10)12;1-2/h3-12H,1-2H3;2-9,18H,1H3;1-2H3. The molecule has 8 aromatic carbocycles. The summed E-state index contributed by atoms with van der Waals surface area (Å²) in [5, 5.41) is 24.9. The molecule has 8 aromatic rings. The number of ether oxygens (including phenoxy) is 1. The number of aromatic hydroxyl groups is 1. The van der Waals surface area contributed by atoms with Gasteiger partial charge in [0, 0.05) is 21.5 Å². The van der Waals surface area contributed by atoms with Crippen LogP contribution in [0.5, 0.6) is 11.5 Å². The molecule has 0 unspecified atom stereocenters. The Kier molecular flexibility index (Phi) is 6.56. The lowest BCUT2D eigenvalue weighted by molar-refractivity contribution is 0.420. The van der Waals surface area contributed by atoms with Crippen molar-refractivity contribution in [2.75, 3.05) is 7.11 Å². The van der Waals surface area contributed by atoms with E-state index in [0.29, 0.717) is 11.7 Å². The van der Waals surface area contributed by atoms with Crippen molar-refractivity contribution in [3.63, 3.8) is 0 Å². The van der Waals surface area contributed by atoms with Gasteiger partial charge in [-0.3, -0.25) is 0 Å². The Hall–Kier alpha value is -4.56. The predicted molar refractivity (Wildman–Crippen MR) is 174 cm³/mol. The quantitative estimate of drug-likeness (QED) is 0.229. The molecule has 0 amide bonds. The van der Waals surface area contributed by atoms with E-state index in [0.717, 1.165) is 32.7 Å². The number of rotatable bonds is 2. The Bertz CT molecular complexity index is 2090. The first-order valence-electron chi connectivity index (χ1n) is 14.1. The first-order valence-corrected chi connectivity index (χ1v) is 14.1. The number of methoxy groups -OCH3 is 1. The Labute approximate surface area is 235 Å². The highest BCUT2D eigenvalue weighted by Crippen LogP contribution is 2.41. The molecule has 40 heavy (non-hydrogen) atoms. The highest BCUT2D eigenvalue weighted by molar-refractivity contribution is 6.25. The van der Waals surface area contributed by atoms with Crippen LogP contribution in [0.1, 0.15) is 39.2 Å². The monoisotopic (exact) mass is 522 g/mol. The molecule has 0 radical (unpaired) electrons. The molecule has 0 bridgehead atoms. The summed E-state index contributed by atoms with van der Waals surface area (Å²) in [7, 11) is 1.68. The summed E-state index contributed by atoms with van der Waals surface area (Å²) in [6.07, 6.45) is 0. The molecule has 0 aliphatic carbocycles. The van der Waals surface area contributed by atoms with Crippen molar-refractivity contribution < 1.29 is 9.84 Å². The maximum atomic E-state index is 10.0. The maximum absolute atomic E-state index is 10.0. The summed E-state index contributed by atoms with van der Waals surface area (Å²) >= 11 is 0. The van der Waals surface area contributed by atoms with Gasteiger partial charge in [0.1, 0.15) is 11.5 Å². The molecule has 0 spiro atoms. The Morgan fingerprint density at radius 1 is 0.500 bits per heavy atom. The van der Waals surface area contributed by atoms with Crippen LogP contribution in [0, 0.1) is 0 Å². The Morgan fingerprint density at radius 3 is 1.57 bits per heavy atom.